The van der Waals surface area contributed by atoms with Crippen molar-refractivity contribution in [3.63, 3.8) is 0 Å². The Bertz CT molecular complexity index is 783. The van der Waals surface area contributed by atoms with E-state index in [0.717, 1.165) is 12.8 Å². The lowest BCUT2D eigenvalue weighted by molar-refractivity contribution is -0.117. The van der Waals surface area contributed by atoms with Crippen molar-refractivity contribution < 1.29 is 14.0 Å². The third kappa shape index (κ3) is 4.17. The maximum Gasteiger partial charge on any atom is 0.253 e. The minimum atomic E-state index is -0.440. The third-order valence-corrected chi connectivity index (χ3v) is 4.51. The van der Waals surface area contributed by atoms with E-state index in [1.165, 1.54) is 17.0 Å². The van der Waals surface area contributed by atoms with Crippen LogP contribution in [0.3, 0.4) is 0 Å². The van der Waals surface area contributed by atoms with Crippen LogP contribution in [0.1, 0.15) is 28.8 Å². The third-order valence-electron chi connectivity index (χ3n) is 4.15. The Kier molecular flexibility index (Phi) is 5.04. The molecule has 0 aromatic heterocycles. The normalized spacial score (nSPS) is 13.4. The monoisotopic (exact) mass is 360 g/mol. The van der Waals surface area contributed by atoms with Crippen LogP contribution < -0.4 is 5.32 Å². The average molecular weight is 361 g/mol. The van der Waals surface area contributed by atoms with Crippen LogP contribution in [-0.4, -0.2) is 23.8 Å². The van der Waals surface area contributed by atoms with Gasteiger partial charge in [-0.2, -0.15) is 0 Å². The van der Waals surface area contributed by atoms with E-state index in [9.17, 15) is 14.0 Å². The molecular weight excluding hydrogens is 343 g/mol. The number of hydrogen-bond donors (Lipinski definition) is 1. The van der Waals surface area contributed by atoms with Crippen molar-refractivity contribution >= 4 is 29.1 Å². The van der Waals surface area contributed by atoms with Crippen LogP contribution in [0.5, 0.6) is 0 Å². The maximum atomic E-state index is 13.9. The van der Waals surface area contributed by atoms with Gasteiger partial charge in [0.15, 0.2) is 0 Å². The summed E-state index contributed by atoms with van der Waals surface area (Å²) in [6.45, 7) is 0.0739. The van der Waals surface area contributed by atoms with E-state index >= 15 is 0 Å². The summed E-state index contributed by atoms with van der Waals surface area (Å²) in [6, 6.07) is 11.1. The number of rotatable bonds is 5. The number of nitrogens with one attached hydrogen (secondary N) is 1. The first kappa shape index (κ1) is 17.4. The molecule has 2 amide bonds. The zero-order valence-corrected chi connectivity index (χ0v) is 14.5. The summed E-state index contributed by atoms with van der Waals surface area (Å²) in [5.41, 5.74) is 1.40. The highest BCUT2D eigenvalue weighted by Crippen LogP contribution is 2.30. The van der Waals surface area contributed by atoms with Gasteiger partial charge in [-0.15, -0.1) is 0 Å². The summed E-state index contributed by atoms with van der Waals surface area (Å²) >= 11 is 6.01. The Morgan fingerprint density at radius 3 is 2.48 bits per heavy atom. The molecule has 1 aliphatic carbocycles. The molecule has 0 heterocycles. The van der Waals surface area contributed by atoms with Crippen molar-refractivity contribution in [1.29, 1.82) is 0 Å². The molecule has 25 heavy (non-hydrogen) atoms. The van der Waals surface area contributed by atoms with Crippen LogP contribution in [0.25, 0.3) is 0 Å². The van der Waals surface area contributed by atoms with Crippen LogP contribution in [0.4, 0.5) is 10.1 Å². The van der Waals surface area contributed by atoms with Gasteiger partial charge >= 0.3 is 0 Å². The van der Waals surface area contributed by atoms with Crippen LogP contribution in [0, 0.1) is 11.7 Å². The zero-order chi connectivity index (χ0) is 18.0. The van der Waals surface area contributed by atoms with Gasteiger partial charge in [-0.1, -0.05) is 17.7 Å². The van der Waals surface area contributed by atoms with Crippen molar-refractivity contribution in [2.75, 3.05) is 12.4 Å². The van der Waals surface area contributed by atoms with Gasteiger partial charge in [0.2, 0.25) is 5.91 Å². The van der Waals surface area contributed by atoms with E-state index in [1.54, 1.807) is 37.4 Å². The van der Waals surface area contributed by atoms with Crippen molar-refractivity contribution in [3.05, 3.63) is 64.4 Å². The van der Waals surface area contributed by atoms with E-state index in [4.69, 9.17) is 11.6 Å². The van der Waals surface area contributed by atoms with Gasteiger partial charge in [-0.3, -0.25) is 9.59 Å². The molecule has 0 unspecified atom stereocenters. The van der Waals surface area contributed by atoms with Crippen molar-refractivity contribution in [2.24, 2.45) is 5.92 Å². The summed E-state index contributed by atoms with van der Waals surface area (Å²) < 4.78 is 13.9. The van der Waals surface area contributed by atoms with Gasteiger partial charge in [0.05, 0.1) is 0 Å². The predicted molar refractivity (Wildman–Crippen MR) is 95.0 cm³/mol. The predicted octanol–water partition coefficient (Wildman–Crippen LogP) is 4.10. The van der Waals surface area contributed by atoms with Crippen molar-refractivity contribution in [2.45, 2.75) is 19.4 Å². The molecule has 130 valence electrons. The second-order valence-corrected chi connectivity index (χ2v) is 6.61. The van der Waals surface area contributed by atoms with Crippen LogP contribution in [0.15, 0.2) is 42.5 Å². The fourth-order valence-electron chi connectivity index (χ4n) is 2.50. The topological polar surface area (TPSA) is 49.4 Å². The fourth-order valence-corrected chi connectivity index (χ4v) is 2.72. The molecule has 4 nitrogen and oxygen atoms in total. The van der Waals surface area contributed by atoms with Gasteiger partial charge in [-0.25, -0.2) is 4.39 Å². The Morgan fingerprint density at radius 2 is 1.88 bits per heavy atom. The zero-order valence-electron chi connectivity index (χ0n) is 13.8. The maximum absolute atomic E-state index is 13.9. The van der Waals surface area contributed by atoms with E-state index in [0.29, 0.717) is 11.3 Å². The molecule has 2 aromatic rings. The molecule has 0 bridgehead atoms. The lowest BCUT2D eigenvalue weighted by atomic mass is 10.1. The molecule has 1 saturated carbocycles. The average Bonchev–Trinajstić information content (AvgIpc) is 3.43. The SMILES string of the molecule is CN(Cc1c(F)cccc1Cl)C(=O)c1ccc(NC(=O)C2CC2)cc1. The van der Waals surface area contributed by atoms with E-state index in [-0.39, 0.29) is 34.9 Å². The molecular formula is C19H18ClFN2O2. The highest BCUT2D eigenvalue weighted by Gasteiger charge is 2.29. The molecule has 0 radical (unpaired) electrons. The van der Waals surface area contributed by atoms with Crippen LogP contribution in [-0.2, 0) is 11.3 Å². The molecule has 3 rings (SSSR count). The molecule has 1 aliphatic rings. The highest BCUT2D eigenvalue weighted by molar-refractivity contribution is 6.31. The summed E-state index contributed by atoms with van der Waals surface area (Å²) in [5, 5.41) is 3.11. The van der Waals surface area contributed by atoms with Crippen LogP contribution >= 0.6 is 11.6 Å². The molecule has 0 atom stereocenters. The van der Waals surface area contributed by atoms with E-state index in [2.05, 4.69) is 5.32 Å². The van der Waals surface area contributed by atoms with Gasteiger partial charge in [0.25, 0.3) is 5.91 Å². The number of benzene rings is 2. The molecule has 0 saturated heterocycles. The van der Waals surface area contributed by atoms with Crippen LogP contribution in [0.2, 0.25) is 5.02 Å². The summed E-state index contributed by atoms with van der Waals surface area (Å²) in [5.74, 6) is -0.548. The number of nitrogens with zero attached hydrogens (tertiary/aromatic N) is 1. The minimum Gasteiger partial charge on any atom is -0.337 e. The van der Waals surface area contributed by atoms with Crippen molar-refractivity contribution in [3.8, 4) is 0 Å². The Morgan fingerprint density at radius 1 is 1.20 bits per heavy atom. The second-order valence-electron chi connectivity index (χ2n) is 6.20. The molecule has 6 heteroatoms. The lowest BCUT2D eigenvalue weighted by Gasteiger charge is -2.18. The molecule has 0 spiro atoms. The number of carbonyl (C=O) groups is 2. The number of halogens is 2. The standard InChI is InChI=1S/C19H18ClFN2O2/c1-23(11-15-16(20)3-2-4-17(15)21)19(25)13-7-9-14(10-8-13)22-18(24)12-5-6-12/h2-4,7-10,12H,5-6,11H2,1H3,(H,22,24). The quantitative estimate of drug-likeness (QED) is 0.872. The van der Waals surface area contributed by atoms with Crippen molar-refractivity contribution in [1.82, 2.24) is 4.90 Å². The van der Waals surface area contributed by atoms with Gasteiger partial charge in [0, 0.05) is 41.3 Å². The molecule has 0 aliphatic heterocycles. The molecule has 1 fully saturated rings. The van der Waals surface area contributed by atoms with Gasteiger partial charge < -0.3 is 10.2 Å². The lowest BCUT2D eigenvalue weighted by Crippen LogP contribution is -2.26. The number of hydrogen-bond acceptors (Lipinski definition) is 2. The minimum absolute atomic E-state index is 0.0189. The first-order valence-corrected chi connectivity index (χ1v) is 8.43. The number of anilines is 1. The number of amides is 2. The van der Waals surface area contributed by atoms with E-state index < -0.39 is 5.82 Å². The number of carbonyl (C=O) groups excluding carboxylic acids is 2. The molecule has 2 aromatic carbocycles. The van der Waals surface area contributed by atoms with Gasteiger partial charge in [-0.05, 0) is 49.2 Å². The Labute approximate surface area is 150 Å². The smallest absolute Gasteiger partial charge is 0.253 e. The first-order valence-electron chi connectivity index (χ1n) is 8.05. The Hall–Kier alpha value is -2.40. The van der Waals surface area contributed by atoms with Gasteiger partial charge in [0.1, 0.15) is 5.82 Å². The van der Waals surface area contributed by atoms with E-state index in [1.807, 2.05) is 0 Å². The summed E-state index contributed by atoms with van der Waals surface area (Å²) in [4.78, 5) is 25.6. The summed E-state index contributed by atoms with van der Waals surface area (Å²) in [7, 11) is 1.59. The first-order chi connectivity index (χ1) is 12.0. The Balaban J connectivity index is 1.66. The highest BCUT2D eigenvalue weighted by atomic mass is 35.5. The largest absolute Gasteiger partial charge is 0.337 e. The molecule has 1 N–H and O–H groups in total. The second kappa shape index (κ2) is 7.23. The summed E-state index contributed by atoms with van der Waals surface area (Å²) in [6.07, 6.45) is 1.87. The fraction of sp³-hybridized carbons (Fsp3) is 0.263.